The van der Waals surface area contributed by atoms with Crippen molar-refractivity contribution in [1.29, 1.82) is 0 Å². The molecule has 0 saturated carbocycles. The van der Waals surface area contributed by atoms with Gasteiger partial charge in [-0.2, -0.15) is 0 Å². The molecule has 2 aromatic heterocycles. The Morgan fingerprint density at radius 3 is 3.05 bits per heavy atom. The zero-order valence-corrected chi connectivity index (χ0v) is 13.0. The second-order valence-electron chi connectivity index (χ2n) is 4.60. The third kappa shape index (κ3) is 2.86. The highest BCUT2D eigenvalue weighted by Gasteiger charge is 2.23. The van der Waals surface area contributed by atoms with E-state index in [9.17, 15) is 0 Å². The molecule has 4 nitrogen and oxygen atoms in total. The SMILES string of the molecule is CN1CCNCC1c1nccc(-c2ccc(Br)s2)n1. The minimum absolute atomic E-state index is 0.261. The number of likely N-dealkylation sites (N-methyl/N-ethyl adjacent to an activating group) is 1. The first-order valence-electron chi connectivity index (χ1n) is 6.23. The van der Waals surface area contributed by atoms with Crippen molar-refractivity contribution in [1.82, 2.24) is 20.2 Å². The Kier molecular flexibility index (Phi) is 3.93. The molecule has 0 aliphatic carbocycles. The van der Waals surface area contributed by atoms with E-state index in [4.69, 9.17) is 4.98 Å². The summed E-state index contributed by atoms with van der Waals surface area (Å²) in [4.78, 5) is 12.6. The van der Waals surface area contributed by atoms with Crippen molar-refractivity contribution in [2.24, 2.45) is 0 Å². The van der Waals surface area contributed by atoms with Crippen LogP contribution in [0.25, 0.3) is 10.6 Å². The lowest BCUT2D eigenvalue weighted by Gasteiger charge is -2.31. The largest absolute Gasteiger partial charge is 0.313 e. The predicted molar refractivity (Wildman–Crippen MR) is 81.3 cm³/mol. The topological polar surface area (TPSA) is 41.0 Å². The molecular formula is C13H15BrN4S. The quantitative estimate of drug-likeness (QED) is 0.913. The molecule has 100 valence electrons. The molecule has 0 aromatic carbocycles. The molecular weight excluding hydrogens is 324 g/mol. The maximum Gasteiger partial charge on any atom is 0.147 e. The van der Waals surface area contributed by atoms with Crippen molar-refractivity contribution < 1.29 is 0 Å². The fourth-order valence-electron chi connectivity index (χ4n) is 2.22. The van der Waals surface area contributed by atoms with Crippen LogP contribution in [0.1, 0.15) is 11.9 Å². The van der Waals surface area contributed by atoms with Crippen molar-refractivity contribution in [2.45, 2.75) is 6.04 Å². The highest BCUT2D eigenvalue weighted by atomic mass is 79.9. The van der Waals surface area contributed by atoms with E-state index in [0.717, 1.165) is 34.9 Å². The molecule has 1 fully saturated rings. The number of thiophene rings is 1. The van der Waals surface area contributed by atoms with Gasteiger partial charge in [0, 0.05) is 25.8 Å². The molecule has 1 saturated heterocycles. The van der Waals surface area contributed by atoms with E-state index in [1.165, 1.54) is 4.88 Å². The maximum absolute atomic E-state index is 4.73. The molecule has 0 amide bonds. The second kappa shape index (κ2) is 5.66. The van der Waals surface area contributed by atoms with Gasteiger partial charge in [0.2, 0.25) is 0 Å². The summed E-state index contributed by atoms with van der Waals surface area (Å²) in [5.41, 5.74) is 1.000. The van der Waals surface area contributed by atoms with Crippen LogP contribution in [0.15, 0.2) is 28.2 Å². The molecule has 3 heterocycles. The van der Waals surface area contributed by atoms with E-state index < -0.39 is 0 Å². The molecule has 0 spiro atoms. The molecule has 6 heteroatoms. The van der Waals surface area contributed by atoms with Gasteiger partial charge < -0.3 is 5.32 Å². The number of hydrogen-bond donors (Lipinski definition) is 1. The van der Waals surface area contributed by atoms with Crippen molar-refractivity contribution >= 4 is 27.3 Å². The van der Waals surface area contributed by atoms with Gasteiger partial charge in [0.05, 0.1) is 20.4 Å². The zero-order valence-electron chi connectivity index (χ0n) is 10.6. The average molecular weight is 339 g/mol. The molecule has 3 rings (SSSR count). The first-order valence-corrected chi connectivity index (χ1v) is 7.84. The lowest BCUT2D eigenvalue weighted by Crippen LogP contribution is -2.44. The summed E-state index contributed by atoms with van der Waals surface area (Å²) in [6, 6.07) is 6.37. The molecule has 1 aliphatic rings. The Bertz CT molecular complexity index is 571. The molecule has 0 bridgehead atoms. The fourth-order valence-corrected chi connectivity index (χ4v) is 3.57. The third-order valence-electron chi connectivity index (χ3n) is 3.31. The Balaban J connectivity index is 1.91. The first-order chi connectivity index (χ1) is 9.24. The van der Waals surface area contributed by atoms with Crippen LogP contribution in [0.4, 0.5) is 0 Å². The summed E-state index contributed by atoms with van der Waals surface area (Å²) in [5.74, 6) is 0.900. The number of nitrogens with one attached hydrogen (secondary N) is 1. The summed E-state index contributed by atoms with van der Waals surface area (Å²) in [7, 11) is 2.13. The lowest BCUT2D eigenvalue weighted by atomic mass is 10.2. The van der Waals surface area contributed by atoms with Crippen LogP contribution in [0.5, 0.6) is 0 Å². The minimum Gasteiger partial charge on any atom is -0.313 e. The second-order valence-corrected chi connectivity index (χ2v) is 7.07. The van der Waals surface area contributed by atoms with Gasteiger partial charge in [-0.3, -0.25) is 4.90 Å². The predicted octanol–water partition coefficient (Wildman–Crippen LogP) is 2.54. The van der Waals surface area contributed by atoms with Crippen molar-refractivity contribution in [3.8, 4) is 10.6 Å². The van der Waals surface area contributed by atoms with E-state index in [0.29, 0.717) is 0 Å². The summed E-state index contributed by atoms with van der Waals surface area (Å²) in [5, 5.41) is 3.40. The molecule has 1 aliphatic heterocycles. The Morgan fingerprint density at radius 1 is 1.42 bits per heavy atom. The Labute approximate surface area is 125 Å². The van der Waals surface area contributed by atoms with Crippen molar-refractivity contribution in [2.75, 3.05) is 26.7 Å². The first kappa shape index (κ1) is 13.2. The van der Waals surface area contributed by atoms with Crippen LogP contribution in [0.3, 0.4) is 0 Å². The van der Waals surface area contributed by atoms with Crippen LogP contribution in [-0.2, 0) is 0 Å². The lowest BCUT2D eigenvalue weighted by molar-refractivity contribution is 0.194. The van der Waals surface area contributed by atoms with Gasteiger partial charge in [-0.25, -0.2) is 9.97 Å². The van der Waals surface area contributed by atoms with Crippen LogP contribution in [0, 0.1) is 0 Å². The van der Waals surface area contributed by atoms with Gasteiger partial charge in [0.1, 0.15) is 5.82 Å². The van der Waals surface area contributed by atoms with Gasteiger partial charge in [-0.1, -0.05) is 0 Å². The van der Waals surface area contributed by atoms with E-state index in [1.54, 1.807) is 11.3 Å². The van der Waals surface area contributed by atoms with Gasteiger partial charge in [-0.15, -0.1) is 11.3 Å². The number of aromatic nitrogens is 2. The number of nitrogens with zero attached hydrogens (tertiary/aromatic N) is 3. The van der Waals surface area contributed by atoms with E-state index in [-0.39, 0.29) is 6.04 Å². The Hall–Kier alpha value is -0.820. The summed E-state index contributed by atoms with van der Waals surface area (Å²) < 4.78 is 1.12. The van der Waals surface area contributed by atoms with Gasteiger partial charge in [0.25, 0.3) is 0 Å². The summed E-state index contributed by atoms with van der Waals surface area (Å²) in [6.45, 7) is 2.97. The maximum atomic E-state index is 4.73. The van der Waals surface area contributed by atoms with E-state index in [2.05, 4.69) is 50.3 Å². The number of piperazine rings is 1. The van der Waals surface area contributed by atoms with Gasteiger partial charge in [-0.05, 0) is 41.2 Å². The number of halogens is 1. The standard InChI is InChI=1S/C13H15BrN4S/c1-18-7-6-15-8-10(18)13-16-5-4-9(17-13)11-2-3-12(14)19-11/h2-5,10,15H,6-8H2,1H3. The summed E-state index contributed by atoms with van der Waals surface area (Å²) in [6.07, 6.45) is 1.85. The highest BCUT2D eigenvalue weighted by molar-refractivity contribution is 9.11. The van der Waals surface area contributed by atoms with Gasteiger partial charge >= 0.3 is 0 Å². The molecule has 1 atom stereocenters. The van der Waals surface area contributed by atoms with E-state index >= 15 is 0 Å². The smallest absolute Gasteiger partial charge is 0.147 e. The minimum atomic E-state index is 0.261. The highest BCUT2D eigenvalue weighted by Crippen LogP contribution is 2.30. The fraction of sp³-hybridized carbons (Fsp3) is 0.385. The van der Waals surface area contributed by atoms with Crippen LogP contribution in [0.2, 0.25) is 0 Å². The average Bonchev–Trinajstić information content (AvgIpc) is 2.86. The van der Waals surface area contributed by atoms with Crippen molar-refractivity contribution in [3.63, 3.8) is 0 Å². The molecule has 1 unspecified atom stereocenters. The monoisotopic (exact) mass is 338 g/mol. The van der Waals surface area contributed by atoms with E-state index in [1.807, 2.05) is 12.3 Å². The molecule has 0 radical (unpaired) electrons. The zero-order chi connectivity index (χ0) is 13.2. The molecule has 2 aromatic rings. The van der Waals surface area contributed by atoms with Gasteiger partial charge in [0.15, 0.2) is 0 Å². The molecule has 1 N–H and O–H groups in total. The normalized spacial score (nSPS) is 20.6. The number of rotatable bonds is 2. The van der Waals surface area contributed by atoms with Crippen molar-refractivity contribution in [3.05, 3.63) is 34.0 Å². The number of hydrogen-bond acceptors (Lipinski definition) is 5. The van der Waals surface area contributed by atoms with Crippen LogP contribution < -0.4 is 5.32 Å². The molecule has 19 heavy (non-hydrogen) atoms. The summed E-state index contributed by atoms with van der Waals surface area (Å²) >= 11 is 5.19. The third-order valence-corrected chi connectivity index (χ3v) is 4.96. The Morgan fingerprint density at radius 2 is 2.32 bits per heavy atom. The van der Waals surface area contributed by atoms with Crippen LogP contribution in [-0.4, -0.2) is 41.5 Å². The van der Waals surface area contributed by atoms with Crippen LogP contribution >= 0.6 is 27.3 Å².